The normalized spacial score (nSPS) is 35.5. The highest BCUT2D eigenvalue weighted by Crippen LogP contribution is 2.55. The molecule has 1 rings (SSSR count). The molecule has 0 aromatic heterocycles. The van der Waals surface area contributed by atoms with E-state index in [1.807, 2.05) is 0 Å². The van der Waals surface area contributed by atoms with Crippen molar-refractivity contribution < 1.29 is 22.4 Å². The molecule has 1 aliphatic rings. The third-order valence-corrected chi connectivity index (χ3v) is 4.43. The molecule has 0 bridgehead atoms. The van der Waals surface area contributed by atoms with Gasteiger partial charge in [0.1, 0.15) is 0 Å². The van der Waals surface area contributed by atoms with Crippen molar-refractivity contribution in [2.45, 2.75) is 29.8 Å². The van der Waals surface area contributed by atoms with Gasteiger partial charge in [-0.15, -0.1) is 0 Å². The van der Waals surface area contributed by atoms with Crippen molar-refractivity contribution in [2.24, 2.45) is 0 Å². The molecule has 0 aliphatic carbocycles. The van der Waals surface area contributed by atoms with Gasteiger partial charge in [-0.3, -0.25) is 4.79 Å². The average Bonchev–Trinajstić information content (AvgIpc) is 2.26. The Morgan fingerprint density at radius 1 is 1.54 bits per heavy atom. The summed E-state index contributed by atoms with van der Waals surface area (Å²) in [7, 11) is 0. The van der Waals surface area contributed by atoms with Crippen LogP contribution in [0, 0.1) is 0 Å². The zero-order valence-electron chi connectivity index (χ0n) is 6.52. The van der Waals surface area contributed by atoms with Crippen LogP contribution in [0.3, 0.4) is 0 Å². The van der Waals surface area contributed by atoms with Crippen LogP contribution in [-0.2, 0) is 0 Å². The molecule has 7 heteroatoms. The van der Waals surface area contributed by atoms with Gasteiger partial charge in [0.05, 0.1) is 0 Å². The zero-order chi connectivity index (χ0) is 10.3. The van der Waals surface area contributed by atoms with Gasteiger partial charge in [-0.25, -0.2) is 4.39 Å². The lowest BCUT2D eigenvalue weighted by Crippen LogP contribution is -2.39. The maximum absolute atomic E-state index is 13.5. The molecule has 0 N–H and O–H groups in total. The number of alkyl halides is 4. The lowest BCUT2D eigenvalue weighted by molar-refractivity contribution is -0.143. The summed E-state index contributed by atoms with van der Waals surface area (Å²) < 4.78 is 49.2. The van der Waals surface area contributed by atoms with E-state index in [1.165, 1.54) is 6.92 Å². The molecule has 0 spiro atoms. The fraction of sp³-hybridized carbons (Fsp3) is 0.833. The summed E-state index contributed by atoms with van der Waals surface area (Å²) in [6.07, 6.45) is -4.98. The molecule has 1 heterocycles. The van der Waals surface area contributed by atoms with Crippen LogP contribution in [-0.4, -0.2) is 20.9 Å². The van der Waals surface area contributed by atoms with Crippen LogP contribution in [0.15, 0.2) is 0 Å². The highest BCUT2D eigenvalue weighted by atomic mass is 32.2. The van der Waals surface area contributed by atoms with Crippen molar-refractivity contribution >= 4 is 28.0 Å². The van der Waals surface area contributed by atoms with Crippen LogP contribution in [0.1, 0.15) is 13.3 Å². The maximum Gasteiger partial charge on any atom is 0.405 e. The molecule has 1 fully saturated rings. The fourth-order valence-corrected chi connectivity index (χ4v) is 3.49. The van der Waals surface area contributed by atoms with E-state index in [-0.39, 0.29) is 29.9 Å². The molecule has 0 radical (unpaired) electrons. The topological polar surface area (TPSA) is 17.1 Å². The van der Waals surface area contributed by atoms with Gasteiger partial charge in [0.25, 0.3) is 0 Å². The minimum atomic E-state index is -4.66. The van der Waals surface area contributed by atoms with Crippen LogP contribution < -0.4 is 0 Å². The van der Waals surface area contributed by atoms with Gasteiger partial charge < -0.3 is 0 Å². The molecule has 76 valence electrons. The molecule has 0 saturated carbocycles. The number of halogens is 4. The molecule has 13 heavy (non-hydrogen) atoms. The fourth-order valence-electron chi connectivity index (χ4n) is 0.969. The Labute approximate surface area is 80.6 Å². The first-order valence-electron chi connectivity index (χ1n) is 3.45. The van der Waals surface area contributed by atoms with Crippen molar-refractivity contribution in [3.63, 3.8) is 0 Å². The van der Waals surface area contributed by atoms with E-state index in [0.717, 1.165) is 0 Å². The standard InChI is InChI=1S/C6H6F4OS2/c1-2-5(7)3(6(8,9)10)12-4(11)13-5/h3H,2H2,1H3. The third kappa shape index (κ3) is 2.12. The van der Waals surface area contributed by atoms with E-state index in [4.69, 9.17) is 0 Å². The average molecular weight is 234 g/mol. The summed E-state index contributed by atoms with van der Waals surface area (Å²) in [5, 5.41) is -4.71. The van der Waals surface area contributed by atoms with Crippen LogP contribution >= 0.6 is 23.5 Å². The SMILES string of the molecule is CCC1(F)SC(=O)SC1C(F)(F)F. The highest BCUT2D eigenvalue weighted by molar-refractivity contribution is 8.42. The molecule has 2 atom stereocenters. The van der Waals surface area contributed by atoms with E-state index < -0.39 is 20.9 Å². The second kappa shape index (κ2) is 3.34. The lowest BCUT2D eigenvalue weighted by atomic mass is 10.2. The minimum Gasteiger partial charge on any atom is -0.274 e. The molecule has 1 aliphatic heterocycles. The first-order valence-corrected chi connectivity index (χ1v) is 5.14. The van der Waals surface area contributed by atoms with Crippen LogP contribution in [0.4, 0.5) is 22.4 Å². The summed E-state index contributed by atoms with van der Waals surface area (Å²) in [6.45, 7) is 1.30. The molecular weight excluding hydrogens is 228 g/mol. The van der Waals surface area contributed by atoms with E-state index in [0.29, 0.717) is 0 Å². The predicted molar refractivity (Wildman–Crippen MR) is 44.6 cm³/mol. The highest BCUT2D eigenvalue weighted by Gasteiger charge is 2.61. The van der Waals surface area contributed by atoms with E-state index in [1.54, 1.807) is 0 Å². The number of carbonyl (C=O) groups is 1. The molecule has 0 aromatic carbocycles. The molecule has 1 saturated heterocycles. The van der Waals surface area contributed by atoms with Crippen molar-refractivity contribution in [3.05, 3.63) is 0 Å². The Bertz CT molecular complexity index is 229. The largest absolute Gasteiger partial charge is 0.405 e. The van der Waals surface area contributed by atoms with Gasteiger partial charge in [-0.2, -0.15) is 13.2 Å². The van der Waals surface area contributed by atoms with Crippen molar-refractivity contribution in [1.82, 2.24) is 0 Å². The number of carbonyl (C=O) groups excluding carboxylic acids is 1. The second-order valence-corrected chi connectivity index (χ2v) is 5.12. The van der Waals surface area contributed by atoms with Crippen molar-refractivity contribution in [2.75, 3.05) is 0 Å². The quantitative estimate of drug-likeness (QED) is 0.645. The third-order valence-electron chi connectivity index (χ3n) is 1.64. The Morgan fingerprint density at radius 2 is 2.08 bits per heavy atom. The summed E-state index contributed by atoms with van der Waals surface area (Å²) in [5.41, 5.74) is 0. The molecule has 0 amide bonds. The molecular formula is C6H6F4OS2. The van der Waals surface area contributed by atoms with Gasteiger partial charge in [-0.05, 0) is 18.2 Å². The predicted octanol–water partition coefficient (Wildman–Crippen LogP) is 3.59. The molecule has 0 aromatic rings. The molecule has 1 nitrogen and oxygen atoms in total. The van der Waals surface area contributed by atoms with Gasteiger partial charge in [0.2, 0.25) is 4.45 Å². The zero-order valence-corrected chi connectivity index (χ0v) is 8.15. The van der Waals surface area contributed by atoms with Crippen LogP contribution in [0.2, 0.25) is 0 Å². The van der Waals surface area contributed by atoms with E-state index in [9.17, 15) is 22.4 Å². The number of thioether (sulfide) groups is 2. The Hall–Kier alpha value is 0.0900. The lowest BCUT2D eigenvalue weighted by Gasteiger charge is -2.24. The van der Waals surface area contributed by atoms with Crippen molar-refractivity contribution in [3.8, 4) is 0 Å². The van der Waals surface area contributed by atoms with Gasteiger partial charge in [-0.1, -0.05) is 18.7 Å². The smallest absolute Gasteiger partial charge is 0.274 e. The van der Waals surface area contributed by atoms with Gasteiger partial charge in [0.15, 0.2) is 10.3 Å². The summed E-state index contributed by atoms with van der Waals surface area (Å²) in [6, 6.07) is 0. The first-order chi connectivity index (χ1) is 5.79. The maximum atomic E-state index is 13.5. The van der Waals surface area contributed by atoms with Crippen LogP contribution in [0.25, 0.3) is 0 Å². The minimum absolute atomic E-state index is 0.0281. The second-order valence-electron chi connectivity index (χ2n) is 2.53. The number of rotatable bonds is 1. The van der Waals surface area contributed by atoms with Gasteiger partial charge >= 0.3 is 6.18 Å². The Kier molecular flexibility index (Phi) is 2.87. The Balaban J connectivity index is 2.90. The Morgan fingerprint density at radius 3 is 2.38 bits per heavy atom. The van der Waals surface area contributed by atoms with E-state index in [2.05, 4.69) is 0 Å². The first kappa shape index (κ1) is 11.2. The van der Waals surface area contributed by atoms with Crippen molar-refractivity contribution in [1.29, 1.82) is 0 Å². The summed E-state index contributed by atoms with van der Waals surface area (Å²) >= 11 is 0.168. The molecule has 2 unspecified atom stereocenters. The summed E-state index contributed by atoms with van der Waals surface area (Å²) in [5.74, 6) is 0. The van der Waals surface area contributed by atoms with Gasteiger partial charge in [0, 0.05) is 0 Å². The van der Waals surface area contributed by atoms with E-state index >= 15 is 0 Å². The summed E-state index contributed by atoms with van der Waals surface area (Å²) in [4.78, 5) is 10.7. The van der Waals surface area contributed by atoms with Crippen LogP contribution in [0.5, 0.6) is 0 Å². The number of hydrogen-bond acceptors (Lipinski definition) is 3. The monoisotopic (exact) mass is 234 g/mol. The number of hydrogen-bond donors (Lipinski definition) is 0.